The number of carbonyl (C=O) groups excluding carboxylic acids is 1. The molecule has 0 spiro atoms. The number of morpholine rings is 1. The van der Waals surface area contributed by atoms with Gasteiger partial charge in [0, 0.05) is 0 Å². The molecule has 6 nitrogen and oxygen atoms in total. The molecule has 3 rings (SSSR count). The highest BCUT2D eigenvalue weighted by atomic mass is 16.7. The van der Waals surface area contributed by atoms with Crippen LogP contribution in [0.15, 0.2) is 24.3 Å². The Hall–Kier alpha value is -1.57. The second kappa shape index (κ2) is 7.60. The number of hydrogen-bond donors (Lipinski definition) is 0. The van der Waals surface area contributed by atoms with Gasteiger partial charge in [0.25, 0.3) is 0 Å². The molecule has 1 aromatic carbocycles. The highest BCUT2D eigenvalue weighted by Crippen LogP contribution is 2.36. The highest BCUT2D eigenvalue weighted by molar-refractivity contribution is 6.62. The van der Waals surface area contributed by atoms with Crippen LogP contribution in [0.1, 0.15) is 67.0 Å². The molecule has 2 saturated heterocycles. The number of amides is 1. The Morgan fingerprint density at radius 3 is 2.17 bits per heavy atom. The summed E-state index contributed by atoms with van der Waals surface area (Å²) in [6, 6.07) is 7.85. The summed E-state index contributed by atoms with van der Waals surface area (Å²) >= 11 is 0. The van der Waals surface area contributed by atoms with Crippen LogP contribution in [-0.4, -0.2) is 54.2 Å². The van der Waals surface area contributed by atoms with Crippen molar-refractivity contribution in [2.45, 2.75) is 84.3 Å². The van der Waals surface area contributed by atoms with Crippen molar-refractivity contribution in [3.8, 4) is 0 Å². The summed E-state index contributed by atoms with van der Waals surface area (Å²) in [6.45, 7) is 16.7. The third kappa shape index (κ3) is 4.78. The molecule has 0 aliphatic carbocycles. The van der Waals surface area contributed by atoms with E-state index in [0.29, 0.717) is 13.2 Å². The zero-order chi connectivity index (χ0) is 21.6. The molecule has 0 unspecified atom stereocenters. The van der Waals surface area contributed by atoms with Crippen LogP contribution >= 0.6 is 0 Å². The predicted molar refractivity (Wildman–Crippen MR) is 113 cm³/mol. The van der Waals surface area contributed by atoms with Crippen LogP contribution < -0.4 is 5.46 Å². The minimum atomic E-state index is -0.538. The van der Waals surface area contributed by atoms with Gasteiger partial charge in [-0.3, -0.25) is 4.90 Å². The lowest BCUT2D eigenvalue weighted by molar-refractivity contribution is -0.0644. The van der Waals surface area contributed by atoms with Crippen LogP contribution in [0, 0.1) is 0 Å². The number of benzene rings is 1. The lowest BCUT2D eigenvalue weighted by Crippen LogP contribution is -2.48. The molecule has 0 aromatic heterocycles. The fraction of sp³-hybridized carbons (Fsp3) is 0.682. The molecule has 0 radical (unpaired) electrons. The van der Waals surface area contributed by atoms with Crippen molar-refractivity contribution < 1.29 is 23.6 Å². The normalized spacial score (nSPS) is 26.5. The lowest BCUT2D eigenvalue weighted by Gasteiger charge is -2.39. The predicted octanol–water partition coefficient (Wildman–Crippen LogP) is 3.68. The van der Waals surface area contributed by atoms with Crippen molar-refractivity contribution in [1.82, 2.24) is 4.90 Å². The van der Waals surface area contributed by atoms with Gasteiger partial charge in [-0.1, -0.05) is 24.3 Å². The molecule has 29 heavy (non-hydrogen) atoms. The van der Waals surface area contributed by atoms with Crippen molar-refractivity contribution >= 4 is 18.7 Å². The van der Waals surface area contributed by atoms with Crippen LogP contribution in [0.25, 0.3) is 0 Å². The van der Waals surface area contributed by atoms with Crippen molar-refractivity contribution in [3.05, 3.63) is 29.8 Å². The van der Waals surface area contributed by atoms with E-state index in [9.17, 15) is 4.79 Å². The molecule has 1 amide bonds. The molecule has 2 aliphatic rings. The number of hydrogen-bond acceptors (Lipinski definition) is 5. The summed E-state index contributed by atoms with van der Waals surface area (Å²) in [4.78, 5) is 14.5. The van der Waals surface area contributed by atoms with E-state index >= 15 is 0 Å². The van der Waals surface area contributed by atoms with Crippen LogP contribution in [0.4, 0.5) is 4.79 Å². The Labute approximate surface area is 175 Å². The number of ether oxygens (including phenoxy) is 2. The van der Waals surface area contributed by atoms with Gasteiger partial charge in [0.05, 0.1) is 36.5 Å². The molecular weight excluding hydrogens is 369 g/mol. The maximum Gasteiger partial charge on any atom is 0.494 e. The second-order valence-electron chi connectivity index (χ2n) is 10.0. The van der Waals surface area contributed by atoms with E-state index in [2.05, 4.69) is 0 Å². The van der Waals surface area contributed by atoms with E-state index in [1.807, 2.05) is 79.7 Å². The van der Waals surface area contributed by atoms with Gasteiger partial charge in [-0.05, 0) is 66.4 Å². The summed E-state index contributed by atoms with van der Waals surface area (Å²) in [5.74, 6) is 0. The first-order valence-electron chi connectivity index (χ1n) is 10.4. The van der Waals surface area contributed by atoms with Crippen molar-refractivity contribution in [1.29, 1.82) is 0 Å². The van der Waals surface area contributed by atoms with Crippen LogP contribution in [-0.2, 0) is 18.8 Å². The summed E-state index contributed by atoms with van der Waals surface area (Å²) < 4.78 is 23.7. The molecular formula is C22H34BNO5. The first kappa shape index (κ1) is 22.1. The largest absolute Gasteiger partial charge is 0.494 e. The van der Waals surface area contributed by atoms with E-state index in [-0.39, 0.29) is 29.4 Å². The summed E-state index contributed by atoms with van der Waals surface area (Å²) in [5, 5.41) is 0. The standard InChI is InChI=1S/C22H34BNO5/c1-15-13-24(19(25)27-20(2,3)4)18(14-26-15)16-9-11-17(12-10-16)23-28-21(5,6)22(7,8)29-23/h9-12,15,18H,13-14H2,1-8H3/t15-,18-/m1/s1. The SMILES string of the molecule is C[C@@H]1CN(C(=O)OC(C)(C)C)[C@@H](c2ccc(B3OC(C)(C)C(C)(C)O3)cc2)CO1. The maximum atomic E-state index is 12.8. The van der Waals surface area contributed by atoms with Crippen LogP contribution in [0.2, 0.25) is 0 Å². The summed E-state index contributed by atoms with van der Waals surface area (Å²) in [7, 11) is -0.404. The average Bonchev–Trinajstić information content (AvgIpc) is 2.81. The second-order valence-corrected chi connectivity index (χ2v) is 10.0. The summed E-state index contributed by atoms with van der Waals surface area (Å²) in [5.41, 5.74) is 0.669. The van der Waals surface area contributed by atoms with Crippen molar-refractivity contribution in [2.24, 2.45) is 0 Å². The van der Waals surface area contributed by atoms with Gasteiger partial charge in [-0.15, -0.1) is 0 Å². The quantitative estimate of drug-likeness (QED) is 0.706. The van der Waals surface area contributed by atoms with Gasteiger partial charge in [-0.25, -0.2) is 4.79 Å². The molecule has 7 heteroatoms. The summed E-state index contributed by atoms with van der Waals surface area (Å²) in [6.07, 6.45) is -0.338. The molecule has 160 valence electrons. The molecule has 2 aliphatic heterocycles. The maximum absolute atomic E-state index is 12.8. The van der Waals surface area contributed by atoms with Crippen LogP contribution in [0.3, 0.4) is 0 Å². The lowest BCUT2D eigenvalue weighted by atomic mass is 9.78. The minimum Gasteiger partial charge on any atom is -0.444 e. The Balaban J connectivity index is 1.78. The Kier molecular flexibility index (Phi) is 5.80. The van der Waals surface area contributed by atoms with Gasteiger partial charge in [0.2, 0.25) is 0 Å². The van der Waals surface area contributed by atoms with E-state index in [1.165, 1.54) is 0 Å². The smallest absolute Gasteiger partial charge is 0.444 e. The van der Waals surface area contributed by atoms with Gasteiger partial charge in [0.1, 0.15) is 5.60 Å². The van der Waals surface area contributed by atoms with Crippen molar-refractivity contribution in [3.63, 3.8) is 0 Å². The monoisotopic (exact) mass is 403 g/mol. The zero-order valence-corrected chi connectivity index (χ0v) is 18.9. The van der Waals surface area contributed by atoms with E-state index in [0.717, 1.165) is 11.0 Å². The third-order valence-electron chi connectivity index (χ3n) is 5.84. The molecule has 0 saturated carbocycles. The highest BCUT2D eigenvalue weighted by Gasteiger charge is 2.51. The van der Waals surface area contributed by atoms with E-state index < -0.39 is 12.7 Å². The Morgan fingerprint density at radius 1 is 1.10 bits per heavy atom. The van der Waals surface area contributed by atoms with E-state index in [4.69, 9.17) is 18.8 Å². The minimum absolute atomic E-state index is 0.0252. The number of nitrogens with zero attached hydrogens (tertiary/aromatic N) is 1. The van der Waals surface area contributed by atoms with Crippen molar-refractivity contribution in [2.75, 3.05) is 13.2 Å². The first-order chi connectivity index (χ1) is 13.3. The number of rotatable bonds is 2. The molecule has 2 fully saturated rings. The van der Waals surface area contributed by atoms with Gasteiger partial charge in [0.15, 0.2) is 0 Å². The van der Waals surface area contributed by atoms with Gasteiger partial charge < -0.3 is 18.8 Å². The zero-order valence-electron chi connectivity index (χ0n) is 18.9. The van der Waals surface area contributed by atoms with E-state index in [1.54, 1.807) is 4.90 Å². The molecule has 0 N–H and O–H groups in total. The topological polar surface area (TPSA) is 57.2 Å². The molecule has 2 atom stereocenters. The average molecular weight is 403 g/mol. The van der Waals surface area contributed by atoms with Crippen LogP contribution in [0.5, 0.6) is 0 Å². The third-order valence-corrected chi connectivity index (χ3v) is 5.84. The first-order valence-corrected chi connectivity index (χ1v) is 10.4. The van der Waals surface area contributed by atoms with Gasteiger partial charge in [-0.2, -0.15) is 0 Å². The molecule has 1 aromatic rings. The van der Waals surface area contributed by atoms with Gasteiger partial charge >= 0.3 is 13.2 Å². The fourth-order valence-corrected chi connectivity index (χ4v) is 3.46. The Morgan fingerprint density at radius 2 is 1.66 bits per heavy atom. The number of carbonyl (C=O) groups is 1. The fourth-order valence-electron chi connectivity index (χ4n) is 3.46. The Bertz CT molecular complexity index is 725. The molecule has 0 bridgehead atoms. The molecule has 2 heterocycles.